The molecule has 0 spiro atoms. The van der Waals surface area contributed by atoms with Crippen LogP contribution in [0, 0.1) is 0 Å². The zero-order chi connectivity index (χ0) is 15.8. The van der Waals surface area contributed by atoms with Crippen LogP contribution in [-0.4, -0.2) is 24.2 Å². The van der Waals surface area contributed by atoms with Crippen molar-refractivity contribution in [2.24, 2.45) is 0 Å². The molecule has 2 N–H and O–H groups in total. The third-order valence-electron chi connectivity index (χ3n) is 4.18. The molecular weight excluding hydrogens is 276 g/mol. The Hall–Kier alpha value is -1.55. The molecule has 0 bridgehead atoms. The summed E-state index contributed by atoms with van der Waals surface area (Å²) < 4.78 is 5.23. The van der Waals surface area contributed by atoms with Crippen molar-refractivity contribution in [1.82, 2.24) is 10.6 Å². The van der Waals surface area contributed by atoms with Gasteiger partial charge in [-0.2, -0.15) is 0 Å². The molecule has 1 aromatic carbocycles. The molecule has 1 amide bonds. The maximum absolute atomic E-state index is 11.7. The fraction of sp³-hybridized carbons (Fsp3) is 0.611. The molecule has 1 aromatic rings. The Balaban J connectivity index is 1.56. The molecule has 0 heterocycles. The second-order valence-electron chi connectivity index (χ2n) is 6.28. The molecule has 0 radical (unpaired) electrons. The SMILES string of the molecule is CCCCC(C)NC1CC(NC(=O)OCc2ccccc2)C1. The molecule has 2 rings (SSSR count). The summed E-state index contributed by atoms with van der Waals surface area (Å²) in [7, 11) is 0. The molecule has 1 atom stereocenters. The maximum atomic E-state index is 11.7. The Morgan fingerprint density at radius 3 is 2.68 bits per heavy atom. The van der Waals surface area contributed by atoms with Gasteiger partial charge in [-0.05, 0) is 31.7 Å². The van der Waals surface area contributed by atoms with Crippen molar-refractivity contribution in [3.8, 4) is 0 Å². The number of benzene rings is 1. The van der Waals surface area contributed by atoms with E-state index in [4.69, 9.17) is 4.74 Å². The Kier molecular flexibility index (Phi) is 6.72. The van der Waals surface area contributed by atoms with Crippen LogP contribution in [0.15, 0.2) is 30.3 Å². The van der Waals surface area contributed by atoms with Gasteiger partial charge >= 0.3 is 6.09 Å². The molecule has 1 unspecified atom stereocenters. The fourth-order valence-electron chi connectivity index (χ4n) is 2.80. The van der Waals surface area contributed by atoms with Gasteiger partial charge in [0, 0.05) is 18.1 Å². The summed E-state index contributed by atoms with van der Waals surface area (Å²) in [5.74, 6) is 0. The van der Waals surface area contributed by atoms with Crippen molar-refractivity contribution in [2.45, 2.75) is 70.7 Å². The highest BCUT2D eigenvalue weighted by atomic mass is 16.5. The highest BCUT2D eigenvalue weighted by Crippen LogP contribution is 2.21. The predicted octanol–water partition coefficient (Wildman–Crippen LogP) is 3.61. The minimum Gasteiger partial charge on any atom is -0.445 e. The number of nitrogens with one attached hydrogen (secondary N) is 2. The van der Waals surface area contributed by atoms with Gasteiger partial charge in [0.1, 0.15) is 6.61 Å². The van der Waals surface area contributed by atoms with Gasteiger partial charge in [0.05, 0.1) is 0 Å². The van der Waals surface area contributed by atoms with E-state index in [9.17, 15) is 4.79 Å². The lowest BCUT2D eigenvalue weighted by Crippen LogP contribution is -2.54. The average molecular weight is 304 g/mol. The van der Waals surface area contributed by atoms with Gasteiger partial charge in [0.25, 0.3) is 0 Å². The first-order valence-corrected chi connectivity index (χ1v) is 8.40. The summed E-state index contributed by atoms with van der Waals surface area (Å²) in [6, 6.07) is 11.1. The Morgan fingerprint density at radius 1 is 1.27 bits per heavy atom. The van der Waals surface area contributed by atoms with E-state index in [0.29, 0.717) is 18.7 Å². The fourth-order valence-corrected chi connectivity index (χ4v) is 2.80. The first kappa shape index (κ1) is 16.8. The van der Waals surface area contributed by atoms with Gasteiger partial charge in [-0.1, -0.05) is 50.1 Å². The van der Waals surface area contributed by atoms with E-state index < -0.39 is 0 Å². The zero-order valence-electron chi connectivity index (χ0n) is 13.7. The van der Waals surface area contributed by atoms with Gasteiger partial charge in [-0.3, -0.25) is 0 Å². The monoisotopic (exact) mass is 304 g/mol. The standard InChI is InChI=1S/C18H28N2O2/c1-3-4-8-14(2)19-16-11-17(12-16)20-18(21)22-13-15-9-6-5-7-10-15/h5-7,9-10,14,16-17,19H,3-4,8,11-13H2,1-2H3,(H,20,21). The lowest BCUT2D eigenvalue weighted by atomic mass is 9.86. The summed E-state index contributed by atoms with van der Waals surface area (Å²) in [5, 5.41) is 6.55. The average Bonchev–Trinajstić information content (AvgIpc) is 2.50. The molecule has 0 aliphatic heterocycles. The Morgan fingerprint density at radius 2 is 2.00 bits per heavy atom. The summed E-state index contributed by atoms with van der Waals surface area (Å²) in [6.45, 7) is 4.79. The number of alkyl carbamates (subject to hydrolysis) is 1. The van der Waals surface area contributed by atoms with Crippen molar-refractivity contribution in [3.05, 3.63) is 35.9 Å². The Bertz CT molecular complexity index is 444. The molecule has 1 aliphatic carbocycles. The lowest BCUT2D eigenvalue weighted by Gasteiger charge is -2.37. The van der Waals surface area contributed by atoms with E-state index in [0.717, 1.165) is 18.4 Å². The van der Waals surface area contributed by atoms with Crippen LogP contribution in [-0.2, 0) is 11.3 Å². The molecule has 0 saturated heterocycles. The quantitative estimate of drug-likeness (QED) is 0.771. The largest absolute Gasteiger partial charge is 0.445 e. The highest BCUT2D eigenvalue weighted by molar-refractivity contribution is 5.67. The smallest absolute Gasteiger partial charge is 0.407 e. The van der Waals surface area contributed by atoms with Gasteiger partial charge in [0.2, 0.25) is 0 Å². The predicted molar refractivity (Wildman–Crippen MR) is 88.7 cm³/mol. The number of hydrogen-bond donors (Lipinski definition) is 2. The minimum absolute atomic E-state index is 0.249. The molecule has 4 nitrogen and oxygen atoms in total. The third kappa shape index (κ3) is 5.68. The minimum atomic E-state index is -0.314. The molecule has 1 saturated carbocycles. The molecule has 122 valence electrons. The van der Waals surface area contributed by atoms with Gasteiger partial charge in [-0.15, -0.1) is 0 Å². The number of ether oxygens (including phenoxy) is 1. The van der Waals surface area contributed by atoms with Crippen LogP contribution in [0.5, 0.6) is 0 Å². The third-order valence-corrected chi connectivity index (χ3v) is 4.18. The van der Waals surface area contributed by atoms with E-state index in [2.05, 4.69) is 24.5 Å². The van der Waals surface area contributed by atoms with Crippen LogP contribution in [0.25, 0.3) is 0 Å². The highest BCUT2D eigenvalue weighted by Gasteiger charge is 2.31. The number of amides is 1. The topological polar surface area (TPSA) is 50.4 Å². The van der Waals surface area contributed by atoms with Crippen molar-refractivity contribution < 1.29 is 9.53 Å². The van der Waals surface area contributed by atoms with Crippen LogP contribution in [0.3, 0.4) is 0 Å². The molecule has 1 fully saturated rings. The summed E-state index contributed by atoms with van der Waals surface area (Å²) in [6.07, 6.45) is 5.42. The summed E-state index contributed by atoms with van der Waals surface area (Å²) >= 11 is 0. The van der Waals surface area contributed by atoms with Crippen molar-refractivity contribution in [1.29, 1.82) is 0 Å². The van der Waals surface area contributed by atoms with Gasteiger partial charge in [0.15, 0.2) is 0 Å². The first-order valence-electron chi connectivity index (χ1n) is 8.40. The lowest BCUT2D eigenvalue weighted by molar-refractivity contribution is 0.124. The number of carbonyl (C=O) groups is 1. The van der Waals surface area contributed by atoms with E-state index in [1.54, 1.807) is 0 Å². The number of carbonyl (C=O) groups excluding carboxylic acids is 1. The van der Waals surface area contributed by atoms with Gasteiger partial charge in [-0.25, -0.2) is 4.79 Å². The van der Waals surface area contributed by atoms with Crippen molar-refractivity contribution >= 4 is 6.09 Å². The van der Waals surface area contributed by atoms with Crippen molar-refractivity contribution in [3.63, 3.8) is 0 Å². The van der Waals surface area contributed by atoms with Gasteiger partial charge < -0.3 is 15.4 Å². The summed E-state index contributed by atoms with van der Waals surface area (Å²) in [4.78, 5) is 11.7. The van der Waals surface area contributed by atoms with E-state index in [1.807, 2.05) is 30.3 Å². The van der Waals surface area contributed by atoms with Crippen LogP contribution in [0.4, 0.5) is 4.79 Å². The van der Waals surface area contributed by atoms with Crippen LogP contribution >= 0.6 is 0 Å². The number of rotatable bonds is 8. The van der Waals surface area contributed by atoms with Crippen LogP contribution in [0.2, 0.25) is 0 Å². The van der Waals surface area contributed by atoms with Crippen LogP contribution in [0.1, 0.15) is 51.5 Å². The van der Waals surface area contributed by atoms with Crippen LogP contribution < -0.4 is 10.6 Å². The molecule has 22 heavy (non-hydrogen) atoms. The van der Waals surface area contributed by atoms with E-state index >= 15 is 0 Å². The van der Waals surface area contributed by atoms with Crippen molar-refractivity contribution in [2.75, 3.05) is 0 Å². The molecule has 0 aromatic heterocycles. The number of unbranched alkanes of at least 4 members (excludes halogenated alkanes) is 1. The second-order valence-corrected chi connectivity index (χ2v) is 6.28. The number of hydrogen-bond acceptors (Lipinski definition) is 3. The normalized spacial score (nSPS) is 21.7. The van der Waals surface area contributed by atoms with E-state index in [1.165, 1.54) is 19.3 Å². The Labute approximate surface area is 133 Å². The molecule has 1 aliphatic rings. The molecule has 4 heteroatoms. The summed E-state index contributed by atoms with van der Waals surface area (Å²) in [5.41, 5.74) is 1.01. The molecular formula is C18H28N2O2. The maximum Gasteiger partial charge on any atom is 0.407 e. The first-order chi connectivity index (χ1) is 10.7. The second kappa shape index (κ2) is 8.79. The van der Waals surface area contributed by atoms with E-state index in [-0.39, 0.29) is 12.1 Å². The zero-order valence-corrected chi connectivity index (χ0v) is 13.7.